The fourth-order valence-corrected chi connectivity index (χ4v) is 1.79. The third-order valence-corrected chi connectivity index (χ3v) is 2.67. The Bertz CT molecular complexity index is 311. The van der Waals surface area contributed by atoms with Crippen LogP contribution in [0.2, 0.25) is 0 Å². The summed E-state index contributed by atoms with van der Waals surface area (Å²) in [7, 11) is 0. The SMILES string of the molecule is CCCNCc1c(C)nc(CCC)nc1C. The van der Waals surface area contributed by atoms with Crippen LogP contribution in [0.1, 0.15) is 49.5 Å². The molecular weight excluding hydrogens is 198 g/mol. The van der Waals surface area contributed by atoms with Gasteiger partial charge in [-0.15, -0.1) is 0 Å². The third-order valence-electron chi connectivity index (χ3n) is 2.67. The number of aryl methyl sites for hydroxylation is 3. The minimum Gasteiger partial charge on any atom is -0.313 e. The van der Waals surface area contributed by atoms with E-state index in [4.69, 9.17) is 0 Å². The van der Waals surface area contributed by atoms with Gasteiger partial charge < -0.3 is 5.32 Å². The molecule has 0 spiro atoms. The molecule has 0 bridgehead atoms. The Balaban J connectivity index is 2.77. The van der Waals surface area contributed by atoms with Crippen molar-refractivity contribution in [3.8, 4) is 0 Å². The fourth-order valence-electron chi connectivity index (χ4n) is 1.79. The van der Waals surface area contributed by atoms with Crippen LogP contribution in [0.3, 0.4) is 0 Å². The Morgan fingerprint density at radius 3 is 2.12 bits per heavy atom. The Morgan fingerprint density at radius 1 is 1.00 bits per heavy atom. The largest absolute Gasteiger partial charge is 0.313 e. The van der Waals surface area contributed by atoms with Gasteiger partial charge in [-0.3, -0.25) is 0 Å². The molecule has 0 saturated heterocycles. The minimum absolute atomic E-state index is 0.887. The highest BCUT2D eigenvalue weighted by molar-refractivity contribution is 5.24. The molecule has 0 amide bonds. The van der Waals surface area contributed by atoms with Gasteiger partial charge in [0.1, 0.15) is 5.82 Å². The number of nitrogens with one attached hydrogen (secondary N) is 1. The maximum Gasteiger partial charge on any atom is 0.128 e. The first-order valence-electron chi connectivity index (χ1n) is 6.22. The Hall–Kier alpha value is -0.960. The summed E-state index contributed by atoms with van der Waals surface area (Å²) in [6.45, 7) is 10.4. The van der Waals surface area contributed by atoms with Gasteiger partial charge in [-0.25, -0.2) is 9.97 Å². The van der Waals surface area contributed by atoms with Crippen LogP contribution >= 0.6 is 0 Å². The second-order valence-electron chi connectivity index (χ2n) is 4.22. The molecule has 0 atom stereocenters. The third kappa shape index (κ3) is 3.56. The predicted molar refractivity (Wildman–Crippen MR) is 67.5 cm³/mol. The zero-order valence-corrected chi connectivity index (χ0v) is 10.9. The highest BCUT2D eigenvalue weighted by Gasteiger charge is 2.07. The molecule has 0 aromatic carbocycles. The lowest BCUT2D eigenvalue weighted by atomic mass is 10.1. The van der Waals surface area contributed by atoms with E-state index in [1.807, 2.05) is 0 Å². The van der Waals surface area contributed by atoms with Gasteiger partial charge in [0, 0.05) is 29.9 Å². The topological polar surface area (TPSA) is 37.8 Å². The molecule has 0 saturated carbocycles. The van der Waals surface area contributed by atoms with Crippen molar-refractivity contribution in [2.45, 2.75) is 53.5 Å². The first-order chi connectivity index (χ1) is 7.69. The summed E-state index contributed by atoms with van der Waals surface area (Å²) in [5.74, 6) is 0.983. The summed E-state index contributed by atoms with van der Waals surface area (Å²) in [6.07, 6.45) is 3.24. The van der Waals surface area contributed by atoms with E-state index in [9.17, 15) is 0 Å². The molecule has 1 aromatic heterocycles. The van der Waals surface area contributed by atoms with Gasteiger partial charge in [0.05, 0.1) is 0 Å². The van der Waals surface area contributed by atoms with E-state index in [0.717, 1.165) is 49.6 Å². The molecule has 1 rings (SSSR count). The summed E-state index contributed by atoms with van der Waals surface area (Å²) < 4.78 is 0. The molecule has 0 aliphatic rings. The van der Waals surface area contributed by atoms with Crippen LogP contribution in [0.5, 0.6) is 0 Å². The minimum atomic E-state index is 0.887. The van der Waals surface area contributed by atoms with Crippen molar-refractivity contribution < 1.29 is 0 Å². The number of rotatable bonds is 6. The van der Waals surface area contributed by atoms with Crippen LogP contribution < -0.4 is 5.32 Å². The van der Waals surface area contributed by atoms with E-state index in [2.05, 4.69) is 43.0 Å². The van der Waals surface area contributed by atoms with Gasteiger partial charge in [0.15, 0.2) is 0 Å². The number of hydrogen-bond donors (Lipinski definition) is 1. The Morgan fingerprint density at radius 2 is 1.62 bits per heavy atom. The van der Waals surface area contributed by atoms with Crippen LogP contribution in [0, 0.1) is 13.8 Å². The summed E-state index contributed by atoms with van der Waals surface area (Å²) in [6, 6.07) is 0. The molecule has 3 nitrogen and oxygen atoms in total. The summed E-state index contributed by atoms with van der Waals surface area (Å²) in [5.41, 5.74) is 3.51. The molecule has 0 radical (unpaired) electrons. The van der Waals surface area contributed by atoms with Crippen molar-refractivity contribution in [2.75, 3.05) is 6.54 Å². The van der Waals surface area contributed by atoms with Gasteiger partial charge in [-0.05, 0) is 33.2 Å². The molecular formula is C13H23N3. The molecule has 1 aromatic rings. The average molecular weight is 221 g/mol. The molecule has 0 aliphatic carbocycles. The van der Waals surface area contributed by atoms with Gasteiger partial charge in [-0.1, -0.05) is 13.8 Å². The van der Waals surface area contributed by atoms with Crippen molar-refractivity contribution in [3.63, 3.8) is 0 Å². The second kappa shape index (κ2) is 6.59. The summed E-state index contributed by atoms with van der Waals surface area (Å²) >= 11 is 0. The van der Waals surface area contributed by atoms with E-state index in [1.54, 1.807) is 0 Å². The lowest BCUT2D eigenvalue weighted by Crippen LogP contribution is -2.17. The first kappa shape index (κ1) is 13.1. The van der Waals surface area contributed by atoms with Gasteiger partial charge in [0.2, 0.25) is 0 Å². The molecule has 0 aliphatic heterocycles. The van der Waals surface area contributed by atoms with Crippen molar-refractivity contribution >= 4 is 0 Å². The van der Waals surface area contributed by atoms with Crippen LogP contribution in [-0.4, -0.2) is 16.5 Å². The summed E-state index contributed by atoms with van der Waals surface area (Å²) in [4.78, 5) is 9.10. The lowest BCUT2D eigenvalue weighted by Gasteiger charge is -2.11. The first-order valence-corrected chi connectivity index (χ1v) is 6.22. The second-order valence-corrected chi connectivity index (χ2v) is 4.22. The number of aromatic nitrogens is 2. The molecule has 3 heteroatoms. The zero-order chi connectivity index (χ0) is 12.0. The van der Waals surface area contributed by atoms with Crippen LogP contribution in [0.4, 0.5) is 0 Å². The van der Waals surface area contributed by atoms with Gasteiger partial charge in [0.25, 0.3) is 0 Å². The smallest absolute Gasteiger partial charge is 0.128 e. The molecule has 0 unspecified atom stereocenters. The standard InChI is InChI=1S/C13H23N3/c1-5-7-13-15-10(3)12(11(4)16-13)9-14-8-6-2/h14H,5-9H2,1-4H3. The summed E-state index contributed by atoms with van der Waals surface area (Å²) in [5, 5.41) is 3.40. The van der Waals surface area contributed by atoms with E-state index >= 15 is 0 Å². The molecule has 16 heavy (non-hydrogen) atoms. The molecule has 1 heterocycles. The monoisotopic (exact) mass is 221 g/mol. The predicted octanol–water partition coefficient (Wildman–Crippen LogP) is 2.55. The molecule has 1 N–H and O–H groups in total. The Labute approximate surface area is 98.7 Å². The fraction of sp³-hybridized carbons (Fsp3) is 0.692. The van der Waals surface area contributed by atoms with Crippen LogP contribution in [0.25, 0.3) is 0 Å². The van der Waals surface area contributed by atoms with Gasteiger partial charge >= 0.3 is 0 Å². The van der Waals surface area contributed by atoms with Crippen LogP contribution in [0.15, 0.2) is 0 Å². The van der Waals surface area contributed by atoms with Crippen molar-refractivity contribution in [1.29, 1.82) is 0 Å². The number of nitrogens with zero attached hydrogens (tertiary/aromatic N) is 2. The lowest BCUT2D eigenvalue weighted by molar-refractivity contribution is 0.661. The zero-order valence-electron chi connectivity index (χ0n) is 10.9. The maximum absolute atomic E-state index is 4.55. The Kier molecular flexibility index (Phi) is 5.39. The quantitative estimate of drug-likeness (QED) is 0.750. The van der Waals surface area contributed by atoms with E-state index in [1.165, 1.54) is 5.56 Å². The molecule has 90 valence electrons. The highest BCUT2D eigenvalue weighted by atomic mass is 14.9. The maximum atomic E-state index is 4.55. The molecule has 0 fully saturated rings. The van der Waals surface area contributed by atoms with Crippen LogP contribution in [-0.2, 0) is 13.0 Å². The van der Waals surface area contributed by atoms with Gasteiger partial charge in [-0.2, -0.15) is 0 Å². The van der Waals surface area contributed by atoms with Crippen molar-refractivity contribution in [2.24, 2.45) is 0 Å². The highest BCUT2D eigenvalue weighted by Crippen LogP contribution is 2.10. The average Bonchev–Trinajstić information content (AvgIpc) is 2.23. The van der Waals surface area contributed by atoms with Crippen molar-refractivity contribution in [3.05, 3.63) is 22.8 Å². The van der Waals surface area contributed by atoms with E-state index in [-0.39, 0.29) is 0 Å². The van der Waals surface area contributed by atoms with E-state index < -0.39 is 0 Å². The van der Waals surface area contributed by atoms with Crippen molar-refractivity contribution in [1.82, 2.24) is 15.3 Å². The number of hydrogen-bond acceptors (Lipinski definition) is 3. The van der Waals surface area contributed by atoms with E-state index in [0.29, 0.717) is 0 Å². The normalized spacial score (nSPS) is 10.8.